The van der Waals surface area contributed by atoms with Crippen LogP contribution in [0.3, 0.4) is 0 Å². The summed E-state index contributed by atoms with van der Waals surface area (Å²) in [6.07, 6.45) is 2.41. The van der Waals surface area contributed by atoms with E-state index >= 15 is 0 Å². The molecule has 116 valence electrons. The van der Waals surface area contributed by atoms with Crippen molar-refractivity contribution in [1.82, 2.24) is 0 Å². The molecular formula is C20H20N2S. The molecule has 3 heteroatoms. The van der Waals surface area contributed by atoms with Gasteiger partial charge >= 0.3 is 0 Å². The first-order valence-corrected chi connectivity index (χ1v) is 8.96. The molecule has 0 aliphatic carbocycles. The number of fused-ring (bicyclic) bond motifs is 1. The average Bonchev–Trinajstić information content (AvgIpc) is 2.94. The van der Waals surface area contributed by atoms with E-state index in [1.54, 1.807) is 0 Å². The fourth-order valence-corrected chi connectivity index (χ4v) is 5.22. The van der Waals surface area contributed by atoms with E-state index in [9.17, 15) is 0 Å². The second kappa shape index (κ2) is 5.89. The Balaban J connectivity index is 1.70. The maximum Gasteiger partial charge on any atom is 0.110 e. The average molecular weight is 320 g/mol. The maximum absolute atomic E-state index is 4.87. The second-order valence-corrected chi connectivity index (χ2v) is 7.43. The molecule has 0 spiro atoms. The van der Waals surface area contributed by atoms with E-state index in [1.807, 2.05) is 11.8 Å². The van der Waals surface area contributed by atoms with E-state index in [1.165, 1.54) is 22.5 Å². The molecule has 23 heavy (non-hydrogen) atoms. The van der Waals surface area contributed by atoms with Gasteiger partial charge in [0.2, 0.25) is 0 Å². The minimum atomic E-state index is 0.340. The zero-order chi connectivity index (χ0) is 15.8. The van der Waals surface area contributed by atoms with E-state index in [0.29, 0.717) is 16.5 Å². The summed E-state index contributed by atoms with van der Waals surface area (Å²) in [7, 11) is 0. The first-order valence-electron chi connectivity index (χ1n) is 8.02. The van der Waals surface area contributed by atoms with Gasteiger partial charge < -0.3 is 0 Å². The van der Waals surface area contributed by atoms with Crippen molar-refractivity contribution in [2.75, 3.05) is 5.01 Å². The summed E-state index contributed by atoms with van der Waals surface area (Å²) in [6, 6.07) is 21.3. The molecule has 0 unspecified atom stereocenters. The van der Waals surface area contributed by atoms with Crippen molar-refractivity contribution in [2.24, 2.45) is 11.0 Å². The Labute approximate surface area is 141 Å². The van der Waals surface area contributed by atoms with Gasteiger partial charge in [0.15, 0.2) is 0 Å². The lowest BCUT2D eigenvalue weighted by Crippen LogP contribution is -2.33. The molecular weight excluding hydrogens is 300 g/mol. The van der Waals surface area contributed by atoms with Crippen LogP contribution in [0.4, 0.5) is 5.69 Å². The van der Waals surface area contributed by atoms with E-state index in [2.05, 4.69) is 85.6 Å². The number of para-hydroxylation sites is 1. The number of benzene rings is 2. The predicted octanol–water partition coefficient (Wildman–Crippen LogP) is 5.26. The van der Waals surface area contributed by atoms with E-state index in [4.69, 9.17) is 5.10 Å². The van der Waals surface area contributed by atoms with Crippen LogP contribution < -0.4 is 5.01 Å². The van der Waals surface area contributed by atoms with Crippen LogP contribution in [0.25, 0.3) is 0 Å². The quantitative estimate of drug-likeness (QED) is 0.701. The Bertz CT molecular complexity index is 752. The minimum Gasteiger partial charge on any atom is -0.251 e. The van der Waals surface area contributed by atoms with Crippen molar-refractivity contribution < 1.29 is 0 Å². The Hall–Kier alpha value is -2.00. The molecule has 4 rings (SSSR count). The lowest BCUT2D eigenvalue weighted by molar-refractivity contribution is 0.726. The van der Waals surface area contributed by atoms with E-state index < -0.39 is 0 Å². The van der Waals surface area contributed by atoms with Crippen LogP contribution in [0.15, 0.2) is 77.4 Å². The molecule has 2 aliphatic rings. The van der Waals surface area contributed by atoms with Crippen LogP contribution in [0.5, 0.6) is 0 Å². The fourth-order valence-electron chi connectivity index (χ4n) is 3.46. The first-order chi connectivity index (χ1) is 11.2. The van der Waals surface area contributed by atoms with Gasteiger partial charge in [0.25, 0.3) is 0 Å². The highest BCUT2D eigenvalue weighted by Gasteiger charge is 2.41. The minimum absolute atomic E-state index is 0.340. The number of hydrogen-bond donors (Lipinski definition) is 0. The van der Waals surface area contributed by atoms with Gasteiger partial charge in [0, 0.05) is 5.71 Å². The smallest absolute Gasteiger partial charge is 0.110 e. The summed E-state index contributed by atoms with van der Waals surface area (Å²) >= 11 is 2.00. The van der Waals surface area contributed by atoms with Crippen molar-refractivity contribution >= 4 is 23.2 Å². The van der Waals surface area contributed by atoms with Gasteiger partial charge in [0.05, 0.1) is 16.9 Å². The number of hydrazone groups is 1. The van der Waals surface area contributed by atoms with Gasteiger partial charge in [-0.2, -0.15) is 5.10 Å². The monoisotopic (exact) mass is 320 g/mol. The maximum atomic E-state index is 4.87. The third kappa shape index (κ3) is 2.59. The predicted molar refractivity (Wildman–Crippen MR) is 99.8 cm³/mol. The Kier molecular flexibility index (Phi) is 3.74. The number of anilines is 1. The van der Waals surface area contributed by atoms with Gasteiger partial charge in [-0.25, -0.2) is 0 Å². The van der Waals surface area contributed by atoms with Crippen molar-refractivity contribution in [1.29, 1.82) is 0 Å². The molecule has 2 aromatic rings. The fraction of sp³-hybridized carbons (Fsp3) is 0.250. The lowest BCUT2D eigenvalue weighted by Gasteiger charge is -2.34. The van der Waals surface area contributed by atoms with Crippen molar-refractivity contribution in [3.8, 4) is 0 Å². The summed E-state index contributed by atoms with van der Waals surface area (Å²) < 4.78 is 0. The summed E-state index contributed by atoms with van der Waals surface area (Å²) in [6.45, 7) is 4.40. The number of thioether (sulfide) groups is 1. The zero-order valence-corrected chi connectivity index (χ0v) is 14.2. The third-order valence-corrected chi connectivity index (χ3v) is 6.03. The summed E-state index contributed by atoms with van der Waals surface area (Å²) in [5, 5.41) is 7.81. The Morgan fingerprint density at radius 1 is 0.913 bits per heavy atom. The van der Waals surface area contributed by atoms with Crippen molar-refractivity contribution in [2.45, 2.75) is 24.5 Å². The molecule has 3 atom stereocenters. The number of hydrogen-bond acceptors (Lipinski definition) is 3. The standard InChI is InChI=1S/C20H20N2S/c1-14-13-18(16-9-5-3-6-10-16)23-20-19(14)15(2)21-22(20)17-11-7-4-8-12-17/h3-13,18-20H,1-2H3/t18-,19+,20+/m1/s1. The van der Waals surface area contributed by atoms with Gasteiger partial charge in [-0.3, -0.25) is 5.01 Å². The van der Waals surface area contributed by atoms with Crippen LogP contribution in [-0.4, -0.2) is 11.1 Å². The molecule has 0 amide bonds. The molecule has 0 bridgehead atoms. The molecule has 0 N–H and O–H groups in total. The van der Waals surface area contributed by atoms with Crippen molar-refractivity contribution in [3.05, 3.63) is 77.9 Å². The Morgan fingerprint density at radius 3 is 2.26 bits per heavy atom. The highest BCUT2D eigenvalue weighted by Crippen LogP contribution is 2.49. The first kappa shape index (κ1) is 14.6. The van der Waals surface area contributed by atoms with Gasteiger partial charge in [-0.15, -0.1) is 11.8 Å². The number of nitrogens with zero attached hydrogens (tertiary/aromatic N) is 2. The van der Waals surface area contributed by atoms with Crippen LogP contribution in [-0.2, 0) is 0 Å². The highest BCUT2D eigenvalue weighted by atomic mass is 32.2. The van der Waals surface area contributed by atoms with Gasteiger partial charge in [-0.1, -0.05) is 60.2 Å². The molecule has 0 saturated heterocycles. The molecule has 2 heterocycles. The SMILES string of the molecule is CC1=C[C@H](c2ccccc2)S[C@H]2[C@@H]1C(C)=NN2c1ccccc1. The highest BCUT2D eigenvalue weighted by molar-refractivity contribution is 8.00. The topological polar surface area (TPSA) is 15.6 Å². The third-order valence-electron chi connectivity index (χ3n) is 4.58. The van der Waals surface area contributed by atoms with E-state index in [0.717, 1.165) is 0 Å². The van der Waals surface area contributed by atoms with E-state index in [-0.39, 0.29) is 0 Å². The lowest BCUT2D eigenvalue weighted by atomic mass is 9.93. The molecule has 2 aliphatic heterocycles. The molecule has 2 aromatic carbocycles. The molecule has 0 saturated carbocycles. The molecule has 0 aromatic heterocycles. The second-order valence-electron chi connectivity index (χ2n) is 6.17. The summed E-state index contributed by atoms with van der Waals surface area (Å²) in [5.74, 6) is 0.417. The largest absolute Gasteiger partial charge is 0.251 e. The van der Waals surface area contributed by atoms with Crippen LogP contribution in [0, 0.1) is 5.92 Å². The van der Waals surface area contributed by atoms with Crippen LogP contribution >= 0.6 is 11.8 Å². The summed E-state index contributed by atoms with van der Waals surface area (Å²) in [5.41, 5.74) is 5.19. The van der Waals surface area contributed by atoms with Crippen LogP contribution in [0.1, 0.15) is 24.7 Å². The van der Waals surface area contributed by atoms with Crippen LogP contribution in [0.2, 0.25) is 0 Å². The molecule has 2 nitrogen and oxygen atoms in total. The molecule has 0 radical (unpaired) electrons. The van der Waals surface area contributed by atoms with Gasteiger partial charge in [0.1, 0.15) is 5.37 Å². The zero-order valence-electron chi connectivity index (χ0n) is 13.4. The Morgan fingerprint density at radius 2 is 1.57 bits per heavy atom. The number of rotatable bonds is 2. The van der Waals surface area contributed by atoms with Gasteiger partial charge in [-0.05, 0) is 31.5 Å². The van der Waals surface area contributed by atoms with Crippen molar-refractivity contribution in [3.63, 3.8) is 0 Å². The summed E-state index contributed by atoms with van der Waals surface area (Å²) in [4.78, 5) is 0. The molecule has 0 fully saturated rings. The normalized spacial score (nSPS) is 26.5.